The Kier molecular flexibility index (Phi) is 3.72. The third-order valence-corrected chi connectivity index (χ3v) is 3.27. The summed E-state index contributed by atoms with van der Waals surface area (Å²) in [6.07, 6.45) is 0.788. The van der Waals surface area contributed by atoms with Gasteiger partial charge in [0.15, 0.2) is 5.75 Å². The first-order valence-electron chi connectivity index (χ1n) is 6.05. The van der Waals surface area contributed by atoms with Gasteiger partial charge < -0.3 is 20.9 Å². The predicted octanol–water partition coefficient (Wildman–Crippen LogP) is 1.13. The van der Waals surface area contributed by atoms with Crippen LogP contribution >= 0.6 is 0 Å². The normalized spacial score (nSPS) is 23.6. The van der Waals surface area contributed by atoms with Gasteiger partial charge >= 0.3 is 0 Å². The van der Waals surface area contributed by atoms with Crippen LogP contribution in [0.2, 0.25) is 0 Å². The van der Waals surface area contributed by atoms with E-state index in [1.807, 2.05) is 6.92 Å². The molecule has 1 heterocycles. The Bertz CT molecular complexity index is 448. The third kappa shape index (κ3) is 2.56. The first-order valence-corrected chi connectivity index (χ1v) is 6.05. The highest BCUT2D eigenvalue weighted by atomic mass is 16.5. The van der Waals surface area contributed by atoms with E-state index in [4.69, 9.17) is 10.5 Å². The smallest absolute Gasteiger partial charge is 0.255 e. The molecule has 4 N–H and O–H groups in total. The lowest BCUT2D eigenvalue weighted by molar-refractivity contribution is 0.0374. The zero-order valence-corrected chi connectivity index (χ0v) is 10.3. The number of aromatic hydroxyl groups is 1. The molecule has 1 aliphatic heterocycles. The minimum atomic E-state index is -0.293. The first kappa shape index (κ1) is 12.7. The molecule has 2 rings (SSSR count). The van der Waals surface area contributed by atoms with E-state index in [-0.39, 0.29) is 34.9 Å². The molecule has 18 heavy (non-hydrogen) atoms. The van der Waals surface area contributed by atoms with Gasteiger partial charge in [0.1, 0.15) is 0 Å². The average Bonchev–Trinajstić information content (AvgIpc) is 2.35. The van der Waals surface area contributed by atoms with E-state index >= 15 is 0 Å². The van der Waals surface area contributed by atoms with Crippen molar-refractivity contribution in [2.24, 2.45) is 5.92 Å². The molecule has 0 bridgehead atoms. The fourth-order valence-corrected chi connectivity index (χ4v) is 2.09. The van der Waals surface area contributed by atoms with Crippen LogP contribution in [-0.4, -0.2) is 30.3 Å². The first-order chi connectivity index (χ1) is 8.59. The second-order valence-electron chi connectivity index (χ2n) is 4.66. The van der Waals surface area contributed by atoms with E-state index in [0.717, 1.165) is 6.42 Å². The monoisotopic (exact) mass is 250 g/mol. The largest absolute Gasteiger partial charge is 0.505 e. The van der Waals surface area contributed by atoms with E-state index in [9.17, 15) is 9.90 Å². The zero-order chi connectivity index (χ0) is 13.1. The number of ether oxygens (including phenoxy) is 1. The minimum absolute atomic E-state index is 0.0760. The van der Waals surface area contributed by atoms with Crippen molar-refractivity contribution in [3.8, 4) is 5.75 Å². The molecule has 5 nitrogen and oxygen atoms in total. The number of benzene rings is 1. The summed E-state index contributed by atoms with van der Waals surface area (Å²) in [6.45, 7) is 3.33. The van der Waals surface area contributed by atoms with Crippen LogP contribution in [0.5, 0.6) is 5.75 Å². The topological polar surface area (TPSA) is 84.6 Å². The van der Waals surface area contributed by atoms with Crippen molar-refractivity contribution >= 4 is 11.6 Å². The molecule has 0 aliphatic carbocycles. The quantitative estimate of drug-likeness (QED) is 0.542. The molecule has 2 atom stereocenters. The summed E-state index contributed by atoms with van der Waals surface area (Å²) in [6, 6.07) is 4.85. The molecule has 5 heteroatoms. The Morgan fingerprint density at radius 2 is 2.33 bits per heavy atom. The number of phenolic OH excluding ortho intramolecular Hbond substituents is 1. The summed E-state index contributed by atoms with van der Waals surface area (Å²) in [7, 11) is 0. The van der Waals surface area contributed by atoms with Gasteiger partial charge in [0.05, 0.1) is 17.9 Å². The molecule has 0 radical (unpaired) electrons. The van der Waals surface area contributed by atoms with Crippen LogP contribution in [0, 0.1) is 5.92 Å². The van der Waals surface area contributed by atoms with Gasteiger partial charge in [-0.25, -0.2) is 0 Å². The summed E-state index contributed by atoms with van der Waals surface area (Å²) in [5, 5.41) is 12.7. The Balaban J connectivity index is 2.09. The SMILES string of the molecule is CC1COCCC1NC(=O)c1cccc(N)c1O. The van der Waals surface area contributed by atoms with Crippen LogP contribution in [0.3, 0.4) is 0 Å². The van der Waals surface area contributed by atoms with Crippen molar-refractivity contribution in [1.82, 2.24) is 5.32 Å². The number of hydrogen-bond donors (Lipinski definition) is 3. The molecule has 1 aliphatic rings. The molecular weight excluding hydrogens is 232 g/mol. The van der Waals surface area contributed by atoms with E-state index < -0.39 is 0 Å². The van der Waals surface area contributed by atoms with Gasteiger partial charge in [0.25, 0.3) is 5.91 Å². The Morgan fingerprint density at radius 3 is 3.06 bits per heavy atom. The molecule has 0 aromatic heterocycles. The van der Waals surface area contributed by atoms with Gasteiger partial charge in [-0.05, 0) is 24.5 Å². The molecular formula is C13H18N2O3. The van der Waals surface area contributed by atoms with Gasteiger partial charge in [-0.1, -0.05) is 13.0 Å². The Labute approximate surface area is 106 Å². The van der Waals surface area contributed by atoms with Crippen molar-refractivity contribution in [2.75, 3.05) is 18.9 Å². The molecule has 1 amide bonds. The lowest BCUT2D eigenvalue weighted by atomic mass is 9.97. The molecule has 2 unspecified atom stereocenters. The number of nitrogens with one attached hydrogen (secondary N) is 1. The summed E-state index contributed by atoms with van der Waals surface area (Å²) in [4.78, 5) is 12.1. The van der Waals surface area contributed by atoms with Gasteiger partial charge in [-0.15, -0.1) is 0 Å². The minimum Gasteiger partial charge on any atom is -0.505 e. The van der Waals surface area contributed by atoms with E-state index in [0.29, 0.717) is 13.2 Å². The van der Waals surface area contributed by atoms with Crippen molar-refractivity contribution < 1.29 is 14.6 Å². The summed E-state index contributed by atoms with van der Waals surface area (Å²) >= 11 is 0. The van der Waals surface area contributed by atoms with Gasteiger partial charge in [0, 0.05) is 12.6 Å². The number of nitrogen functional groups attached to an aromatic ring is 1. The van der Waals surface area contributed by atoms with Gasteiger partial charge in [0.2, 0.25) is 0 Å². The molecule has 0 spiro atoms. The maximum absolute atomic E-state index is 12.1. The maximum atomic E-state index is 12.1. The Morgan fingerprint density at radius 1 is 1.56 bits per heavy atom. The number of carbonyl (C=O) groups excluding carboxylic acids is 1. The third-order valence-electron chi connectivity index (χ3n) is 3.27. The number of hydrogen-bond acceptors (Lipinski definition) is 4. The second kappa shape index (κ2) is 5.27. The molecule has 1 aromatic rings. The number of amides is 1. The lowest BCUT2D eigenvalue weighted by Crippen LogP contribution is -2.44. The van der Waals surface area contributed by atoms with Crippen LogP contribution in [0.15, 0.2) is 18.2 Å². The lowest BCUT2D eigenvalue weighted by Gasteiger charge is -2.29. The fourth-order valence-electron chi connectivity index (χ4n) is 2.09. The average molecular weight is 250 g/mol. The Hall–Kier alpha value is -1.75. The highest BCUT2D eigenvalue weighted by Gasteiger charge is 2.24. The number of nitrogens with two attached hydrogens (primary N) is 1. The van der Waals surface area contributed by atoms with Gasteiger partial charge in [-0.3, -0.25) is 4.79 Å². The number of carbonyl (C=O) groups is 1. The van der Waals surface area contributed by atoms with Crippen LogP contribution in [0.1, 0.15) is 23.7 Å². The van der Waals surface area contributed by atoms with Crippen molar-refractivity contribution in [1.29, 1.82) is 0 Å². The van der Waals surface area contributed by atoms with Crippen molar-refractivity contribution in [2.45, 2.75) is 19.4 Å². The predicted molar refractivity (Wildman–Crippen MR) is 68.4 cm³/mol. The van der Waals surface area contributed by atoms with Crippen molar-refractivity contribution in [3.05, 3.63) is 23.8 Å². The number of rotatable bonds is 2. The molecule has 1 saturated heterocycles. The summed E-state index contributed by atoms with van der Waals surface area (Å²) in [5.74, 6) is -0.181. The number of para-hydroxylation sites is 1. The van der Waals surface area contributed by atoms with Crippen LogP contribution in [-0.2, 0) is 4.74 Å². The molecule has 1 fully saturated rings. The fraction of sp³-hybridized carbons (Fsp3) is 0.462. The van der Waals surface area contributed by atoms with E-state index in [1.54, 1.807) is 18.2 Å². The van der Waals surface area contributed by atoms with Crippen LogP contribution in [0.25, 0.3) is 0 Å². The maximum Gasteiger partial charge on any atom is 0.255 e. The molecule has 0 saturated carbocycles. The standard InChI is InChI=1S/C13H18N2O3/c1-8-7-18-6-5-11(8)15-13(17)9-3-2-4-10(14)12(9)16/h2-4,8,11,16H,5-7,14H2,1H3,(H,15,17). The highest BCUT2D eigenvalue weighted by molar-refractivity contribution is 5.98. The van der Waals surface area contributed by atoms with E-state index in [1.165, 1.54) is 0 Å². The van der Waals surface area contributed by atoms with Crippen molar-refractivity contribution in [3.63, 3.8) is 0 Å². The highest BCUT2D eigenvalue weighted by Crippen LogP contribution is 2.25. The zero-order valence-electron chi connectivity index (χ0n) is 10.3. The number of anilines is 1. The molecule has 98 valence electrons. The number of phenols is 1. The van der Waals surface area contributed by atoms with Crippen LogP contribution < -0.4 is 11.1 Å². The molecule has 1 aromatic carbocycles. The second-order valence-corrected chi connectivity index (χ2v) is 4.66. The summed E-state index contributed by atoms with van der Waals surface area (Å²) in [5.41, 5.74) is 6.00. The van der Waals surface area contributed by atoms with E-state index in [2.05, 4.69) is 5.32 Å². The summed E-state index contributed by atoms with van der Waals surface area (Å²) < 4.78 is 5.32. The van der Waals surface area contributed by atoms with Crippen LogP contribution in [0.4, 0.5) is 5.69 Å². The van der Waals surface area contributed by atoms with Gasteiger partial charge in [-0.2, -0.15) is 0 Å².